The van der Waals surface area contributed by atoms with Gasteiger partial charge in [0.2, 0.25) is 5.91 Å². The minimum Gasteiger partial charge on any atom is -0.466 e. The molecule has 0 spiro atoms. The van der Waals surface area contributed by atoms with Crippen LogP contribution in [0.5, 0.6) is 0 Å². The zero-order valence-corrected chi connectivity index (χ0v) is 30.3. The Morgan fingerprint density at radius 1 is 0.981 bits per heavy atom. The normalized spacial score (nSPS) is 15.9. The number of pyridine rings is 1. The van der Waals surface area contributed by atoms with Crippen LogP contribution >= 0.6 is 0 Å². The van der Waals surface area contributed by atoms with Gasteiger partial charge >= 0.3 is 18.3 Å². The number of benzene rings is 2. The molecule has 290 valence electrons. The van der Waals surface area contributed by atoms with Crippen LogP contribution in [0.2, 0.25) is 0 Å². The standard InChI is InChI=1S/C38H44F7N3O5/c1-7-53-32(50)17-36(52,28-14-26(15-29(34(28)39)38(43,44)45)33-23(5)9-8-10-24(33)6)46-35(51)30(13-21(2)3)48-20-25(11-12-47-18-22(4)19-47)27(16-31(48)49)37(40,41)42/h8-10,14-16,20-22,30,52H,7,11-13,17-19H2,1-6H3,(H,46,51). The van der Waals surface area contributed by atoms with Gasteiger partial charge in [-0.2, -0.15) is 26.3 Å². The van der Waals surface area contributed by atoms with E-state index >= 15 is 4.39 Å². The molecule has 1 aliphatic heterocycles. The second kappa shape index (κ2) is 16.0. The van der Waals surface area contributed by atoms with Crippen molar-refractivity contribution in [2.45, 2.75) is 84.9 Å². The van der Waals surface area contributed by atoms with Crippen molar-refractivity contribution in [2.24, 2.45) is 11.8 Å². The summed E-state index contributed by atoms with van der Waals surface area (Å²) in [5.41, 5.74) is -7.65. The molecule has 2 N–H and O–H groups in total. The summed E-state index contributed by atoms with van der Waals surface area (Å²) in [6, 6.07) is 5.08. The van der Waals surface area contributed by atoms with E-state index in [0.29, 0.717) is 42.3 Å². The molecule has 1 aromatic heterocycles. The van der Waals surface area contributed by atoms with Gasteiger partial charge in [0.25, 0.3) is 5.56 Å². The quantitative estimate of drug-likeness (QED) is 0.108. The van der Waals surface area contributed by atoms with Crippen molar-refractivity contribution < 1.29 is 50.2 Å². The monoisotopic (exact) mass is 755 g/mol. The fourth-order valence-electron chi connectivity index (χ4n) is 6.84. The average molecular weight is 756 g/mol. The smallest absolute Gasteiger partial charge is 0.419 e. The second-order valence-corrected chi connectivity index (χ2v) is 14.2. The molecule has 0 saturated carbocycles. The number of halogens is 7. The van der Waals surface area contributed by atoms with E-state index in [1.54, 1.807) is 45.9 Å². The van der Waals surface area contributed by atoms with Crippen LogP contribution in [0.25, 0.3) is 11.1 Å². The maximum atomic E-state index is 16.1. The lowest BCUT2D eigenvalue weighted by Gasteiger charge is -2.37. The molecule has 2 aromatic carbocycles. The highest BCUT2D eigenvalue weighted by atomic mass is 19.4. The van der Waals surface area contributed by atoms with Crippen molar-refractivity contribution in [1.82, 2.24) is 14.8 Å². The lowest BCUT2D eigenvalue weighted by molar-refractivity contribution is -0.153. The Morgan fingerprint density at radius 3 is 2.09 bits per heavy atom. The van der Waals surface area contributed by atoms with Gasteiger partial charge in [0, 0.05) is 37.5 Å². The Hall–Kier alpha value is -4.24. The first kappa shape index (κ1) is 41.5. The van der Waals surface area contributed by atoms with E-state index in [1.165, 1.54) is 6.92 Å². The van der Waals surface area contributed by atoms with Gasteiger partial charge in [-0.1, -0.05) is 39.0 Å². The molecule has 2 heterocycles. The van der Waals surface area contributed by atoms with Gasteiger partial charge in [-0.3, -0.25) is 14.4 Å². The third-order valence-corrected chi connectivity index (χ3v) is 9.27. The van der Waals surface area contributed by atoms with Crippen molar-refractivity contribution in [3.8, 4) is 11.1 Å². The Kier molecular flexibility index (Phi) is 12.5. The first-order chi connectivity index (χ1) is 24.5. The number of alkyl halides is 6. The zero-order chi connectivity index (χ0) is 39.6. The van der Waals surface area contributed by atoms with Crippen LogP contribution in [0.15, 0.2) is 47.4 Å². The highest BCUT2D eigenvalue weighted by Crippen LogP contribution is 2.41. The minimum atomic E-state index is -5.29. The zero-order valence-electron chi connectivity index (χ0n) is 30.3. The Balaban J connectivity index is 1.90. The van der Waals surface area contributed by atoms with Crippen LogP contribution in [-0.2, 0) is 38.8 Å². The number of rotatable bonds is 13. The molecule has 0 bridgehead atoms. The van der Waals surface area contributed by atoms with Crippen LogP contribution in [0.4, 0.5) is 30.7 Å². The summed E-state index contributed by atoms with van der Waals surface area (Å²) in [4.78, 5) is 42.3. The lowest BCUT2D eigenvalue weighted by Crippen LogP contribution is -2.51. The van der Waals surface area contributed by atoms with Crippen molar-refractivity contribution in [2.75, 3.05) is 26.2 Å². The molecule has 2 unspecified atom stereocenters. The Bertz CT molecular complexity index is 1860. The molecular formula is C38H44F7N3O5. The molecule has 1 fully saturated rings. The molecule has 1 aliphatic rings. The molecule has 2 atom stereocenters. The number of carbonyl (C=O) groups is 2. The van der Waals surface area contributed by atoms with E-state index in [9.17, 15) is 45.8 Å². The molecule has 8 nitrogen and oxygen atoms in total. The number of carbonyl (C=O) groups excluding carboxylic acids is 2. The highest BCUT2D eigenvalue weighted by molar-refractivity contribution is 5.83. The molecular weight excluding hydrogens is 711 g/mol. The molecule has 0 aliphatic carbocycles. The van der Waals surface area contributed by atoms with Crippen molar-refractivity contribution in [3.63, 3.8) is 0 Å². The average Bonchev–Trinajstić information content (AvgIpc) is 3.01. The number of aromatic nitrogens is 1. The third-order valence-electron chi connectivity index (χ3n) is 9.27. The van der Waals surface area contributed by atoms with Gasteiger partial charge in [0.15, 0.2) is 5.72 Å². The summed E-state index contributed by atoms with van der Waals surface area (Å²) >= 11 is 0. The van der Waals surface area contributed by atoms with Crippen LogP contribution in [0.3, 0.4) is 0 Å². The van der Waals surface area contributed by atoms with E-state index in [2.05, 4.69) is 5.32 Å². The van der Waals surface area contributed by atoms with Crippen molar-refractivity contribution >= 4 is 11.9 Å². The minimum absolute atomic E-state index is 0.124. The van der Waals surface area contributed by atoms with E-state index in [4.69, 9.17) is 4.74 Å². The number of nitrogens with zero attached hydrogens (tertiary/aromatic N) is 2. The predicted octanol–water partition coefficient (Wildman–Crippen LogP) is 7.30. The van der Waals surface area contributed by atoms with E-state index in [0.717, 1.165) is 16.8 Å². The fourth-order valence-corrected chi connectivity index (χ4v) is 6.84. The summed E-state index contributed by atoms with van der Waals surface area (Å²) in [7, 11) is 0. The van der Waals surface area contributed by atoms with Crippen LogP contribution in [0, 0.1) is 31.5 Å². The first-order valence-corrected chi connectivity index (χ1v) is 17.3. The number of hydrogen-bond donors (Lipinski definition) is 2. The summed E-state index contributed by atoms with van der Waals surface area (Å²) < 4.78 is 107. The SMILES string of the molecule is CCOC(=O)CC(O)(NC(=O)C(CC(C)C)n1cc(CCN2CC(C)C2)c(C(F)(F)F)cc1=O)c1cc(-c2c(C)cccc2C)cc(C(F)(F)F)c1F. The first-order valence-electron chi connectivity index (χ1n) is 17.3. The van der Waals surface area contributed by atoms with Gasteiger partial charge in [-0.15, -0.1) is 0 Å². The number of nitrogens with one attached hydrogen (secondary N) is 1. The van der Waals surface area contributed by atoms with Gasteiger partial charge < -0.3 is 24.6 Å². The number of ether oxygens (including phenoxy) is 1. The summed E-state index contributed by atoms with van der Waals surface area (Å²) in [5.74, 6) is -4.48. The van der Waals surface area contributed by atoms with Crippen LogP contribution < -0.4 is 10.9 Å². The Morgan fingerprint density at radius 2 is 1.57 bits per heavy atom. The Labute approximate surface area is 302 Å². The molecule has 15 heteroatoms. The van der Waals surface area contributed by atoms with Crippen molar-refractivity contribution in [1.29, 1.82) is 0 Å². The number of esters is 1. The van der Waals surface area contributed by atoms with E-state index in [-0.39, 0.29) is 42.7 Å². The number of aryl methyl sites for hydroxylation is 2. The maximum absolute atomic E-state index is 16.1. The van der Waals surface area contributed by atoms with Gasteiger partial charge in [-0.05, 0) is 85.4 Å². The second-order valence-electron chi connectivity index (χ2n) is 14.2. The third kappa shape index (κ3) is 9.66. The topological polar surface area (TPSA) is 101 Å². The largest absolute Gasteiger partial charge is 0.466 e. The number of aliphatic hydroxyl groups is 1. The fraction of sp³-hybridized carbons (Fsp3) is 0.500. The summed E-state index contributed by atoms with van der Waals surface area (Å²) in [6.07, 6.45) is -10.9. The molecule has 3 aromatic rings. The highest BCUT2D eigenvalue weighted by Gasteiger charge is 2.44. The number of likely N-dealkylation sites (tertiary alicyclic amines) is 1. The summed E-state index contributed by atoms with van der Waals surface area (Å²) in [5, 5.41) is 14.2. The van der Waals surface area contributed by atoms with Crippen molar-refractivity contribution in [3.05, 3.63) is 92.1 Å². The predicted molar refractivity (Wildman–Crippen MR) is 183 cm³/mol. The molecule has 53 heavy (non-hydrogen) atoms. The number of hydrogen-bond acceptors (Lipinski definition) is 6. The molecule has 0 radical (unpaired) electrons. The van der Waals surface area contributed by atoms with Crippen LogP contribution in [0.1, 0.15) is 80.0 Å². The maximum Gasteiger partial charge on any atom is 0.419 e. The van der Waals surface area contributed by atoms with E-state index in [1.807, 2.05) is 11.8 Å². The molecule has 1 amide bonds. The lowest BCUT2D eigenvalue weighted by atomic mass is 9.88. The molecule has 4 rings (SSSR count). The van der Waals surface area contributed by atoms with Gasteiger partial charge in [-0.25, -0.2) is 4.39 Å². The molecule has 1 saturated heterocycles. The van der Waals surface area contributed by atoms with E-state index < -0.39 is 76.4 Å². The summed E-state index contributed by atoms with van der Waals surface area (Å²) in [6.45, 7) is 11.3. The van der Waals surface area contributed by atoms with Crippen LogP contribution in [-0.4, -0.2) is 52.7 Å². The van der Waals surface area contributed by atoms with Gasteiger partial charge in [0.05, 0.1) is 24.2 Å². The van der Waals surface area contributed by atoms with Gasteiger partial charge in [0.1, 0.15) is 11.9 Å². The number of amides is 1.